The van der Waals surface area contributed by atoms with Gasteiger partial charge < -0.3 is 10.1 Å². The number of aryl methyl sites for hydroxylation is 1. The first kappa shape index (κ1) is 23.8. The van der Waals surface area contributed by atoms with Crippen molar-refractivity contribution in [1.82, 2.24) is 4.72 Å². The highest BCUT2D eigenvalue weighted by atomic mass is 32.2. The lowest BCUT2D eigenvalue weighted by molar-refractivity contribution is -0.117. The number of carbonyl (C=O) groups excluding carboxylic acids is 1. The number of para-hydroxylation sites is 1. The van der Waals surface area contributed by atoms with E-state index >= 15 is 0 Å². The predicted molar refractivity (Wildman–Crippen MR) is 129 cm³/mol. The molecule has 0 saturated carbocycles. The van der Waals surface area contributed by atoms with E-state index in [1.807, 2.05) is 54.8 Å². The Bertz CT molecular complexity index is 1180. The molecule has 0 aromatic heterocycles. The molecule has 0 saturated heterocycles. The van der Waals surface area contributed by atoms with Gasteiger partial charge in [-0.2, -0.15) is 4.72 Å². The second-order valence-electron chi connectivity index (χ2n) is 7.18. The molecule has 3 aromatic carbocycles. The lowest BCUT2D eigenvalue weighted by Crippen LogP contribution is -2.45. The molecule has 0 bridgehead atoms. The Morgan fingerprint density at radius 2 is 1.72 bits per heavy atom. The van der Waals surface area contributed by atoms with Crippen LogP contribution < -0.4 is 14.8 Å². The van der Waals surface area contributed by atoms with Gasteiger partial charge in [0.05, 0.1) is 17.7 Å². The summed E-state index contributed by atoms with van der Waals surface area (Å²) in [6, 6.07) is 20.3. The minimum Gasteiger partial charge on any atom is -0.496 e. The van der Waals surface area contributed by atoms with Gasteiger partial charge in [-0.25, -0.2) is 8.42 Å². The molecule has 3 rings (SSSR count). The fourth-order valence-corrected chi connectivity index (χ4v) is 5.11. The van der Waals surface area contributed by atoms with Crippen LogP contribution in [-0.2, 0) is 21.2 Å². The van der Waals surface area contributed by atoms with Crippen molar-refractivity contribution >= 4 is 33.4 Å². The predicted octanol–water partition coefficient (Wildman–Crippen LogP) is 4.25. The molecule has 0 spiro atoms. The molecule has 0 fully saturated rings. The Hall–Kier alpha value is -2.81. The average Bonchev–Trinajstić information content (AvgIpc) is 2.79. The van der Waals surface area contributed by atoms with Crippen molar-refractivity contribution in [2.45, 2.75) is 29.2 Å². The van der Waals surface area contributed by atoms with Crippen LogP contribution in [0.15, 0.2) is 82.6 Å². The number of carbonyl (C=O) groups is 1. The van der Waals surface area contributed by atoms with Crippen molar-refractivity contribution in [1.29, 1.82) is 0 Å². The first-order valence-electron chi connectivity index (χ1n) is 9.99. The topological polar surface area (TPSA) is 84.5 Å². The Morgan fingerprint density at radius 3 is 2.38 bits per heavy atom. The van der Waals surface area contributed by atoms with Gasteiger partial charge >= 0.3 is 0 Å². The van der Waals surface area contributed by atoms with Crippen molar-refractivity contribution in [3.8, 4) is 5.75 Å². The normalized spacial score (nSPS) is 12.2. The summed E-state index contributed by atoms with van der Waals surface area (Å²) in [5.74, 6) is 0.167. The molecule has 1 atom stereocenters. The van der Waals surface area contributed by atoms with Crippen molar-refractivity contribution in [3.63, 3.8) is 0 Å². The molecule has 0 radical (unpaired) electrons. The highest BCUT2D eigenvalue weighted by molar-refractivity contribution is 7.98. The summed E-state index contributed by atoms with van der Waals surface area (Å²) in [7, 11) is -2.42. The summed E-state index contributed by atoms with van der Waals surface area (Å²) in [6.07, 6.45) is 2.13. The van der Waals surface area contributed by atoms with Crippen LogP contribution in [0.2, 0.25) is 0 Å². The van der Waals surface area contributed by atoms with E-state index in [9.17, 15) is 13.2 Å². The monoisotopic (exact) mass is 470 g/mol. The van der Waals surface area contributed by atoms with E-state index in [1.54, 1.807) is 19.1 Å². The first-order chi connectivity index (χ1) is 15.3. The van der Waals surface area contributed by atoms with Gasteiger partial charge in [0.25, 0.3) is 0 Å². The van der Waals surface area contributed by atoms with Crippen molar-refractivity contribution in [2.75, 3.05) is 18.7 Å². The van der Waals surface area contributed by atoms with E-state index in [2.05, 4.69) is 10.0 Å². The summed E-state index contributed by atoms with van der Waals surface area (Å²) in [6.45, 7) is 1.77. The molecular formula is C24H26N2O4S2. The SMILES string of the molecule is COc1ccc(S(=O)(=O)NC(Cc2ccccc2)C(=O)Nc2ccccc2SC)cc1C. The van der Waals surface area contributed by atoms with Crippen LogP contribution in [-0.4, -0.2) is 33.7 Å². The van der Waals surface area contributed by atoms with Gasteiger partial charge in [0.1, 0.15) is 11.8 Å². The number of ether oxygens (including phenoxy) is 1. The van der Waals surface area contributed by atoms with E-state index in [0.717, 1.165) is 10.5 Å². The van der Waals surface area contributed by atoms with E-state index in [-0.39, 0.29) is 11.3 Å². The van der Waals surface area contributed by atoms with Crippen molar-refractivity contribution in [3.05, 3.63) is 83.9 Å². The van der Waals surface area contributed by atoms with Crippen LogP contribution in [0.3, 0.4) is 0 Å². The quantitative estimate of drug-likeness (QED) is 0.457. The number of benzene rings is 3. The number of thioether (sulfide) groups is 1. The molecular weight excluding hydrogens is 444 g/mol. The zero-order valence-electron chi connectivity index (χ0n) is 18.2. The van der Waals surface area contributed by atoms with E-state index < -0.39 is 22.0 Å². The molecule has 0 aliphatic carbocycles. The number of anilines is 1. The molecule has 8 heteroatoms. The Kier molecular flexibility index (Phi) is 7.95. The van der Waals surface area contributed by atoms with Gasteiger partial charge in [0.15, 0.2) is 0 Å². The fourth-order valence-electron chi connectivity index (χ4n) is 3.28. The van der Waals surface area contributed by atoms with Gasteiger partial charge in [-0.3, -0.25) is 4.79 Å². The summed E-state index contributed by atoms with van der Waals surface area (Å²) in [4.78, 5) is 14.2. The van der Waals surface area contributed by atoms with Crippen LogP contribution in [0.5, 0.6) is 5.75 Å². The Balaban J connectivity index is 1.90. The van der Waals surface area contributed by atoms with Crippen molar-refractivity contribution in [2.24, 2.45) is 0 Å². The second kappa shape index (κ2) is 10.7. The van der Waals surface area contributed by atoms with Gasteiger partial charge in [0.2, 0.25) is 15.9 Å². The van der Waals surface area contributed by atoms with Crippen LogP contribution in [0.4, 0.5) is 5.69 Å². The Morgan fingerprint density at radius 1 is 1.03 bits per heavy atom. The van der Waals surface area contributed by atoms with Crippen molar-refractivity contribution < 1.29 is 17.9 Å². The number of rotatable bonds is 9. The minimum absolute atomic E-state index is 0.0752. The second-order valence-corrected chi connectivity index (χ2v) is 9.75. The first-order valence-corrected chi connectivity index (χ1v) is 12.7. The molecule has 6 nitrogen and oxygen atoms in total. The lowest BCUT2D eigenvalue weighted by Gasteiger charge is -2.20. The molecule has 1 unspecified atom stereocenters. The smallest absolute Gasteiger partial charge is 0.242 e. The highest BCUT2D eigenvalue weighted by Crippen LogP contribution is 2.25. The van der Waals surface area contributed by atoms with E-state index in [4.69, 9.17) is 4.74 Å². The summed E-state index contributed by atoms with van der Waals surface area (Å²) < 4.78 is 34.1. The maximum atomic E-state index is 13.2. The standard InChI is InChI=1S/C24H26N2O4S2/c1-17-15-19(13-14-22(17)30-2)32(28,29)26-21(16-18-9-5-4-6-10-18)24(27)25-20-11-7-8-12-23(20)31-3/h4-15,21,26H,16H2,1-3H3,(H,25,27). The number of methoxy groups -OCH3 is 1. The molecule has 0 aliphatic rings. The fraction of sp³-hybridized carbons (Fsp3) is 0.208. The maximum Gasteiger partial charge on any atom is 0.242 e. The van der Waals surface area contributed by atoms with Gasteiger partial charge in [-0.05, 0) is 61.1 Å². The van der Waals surface area contributed by atoms with Gasteiger partial charge in [-0.15, -0.1) is 11.8 Å². The third-order valence-corrected chi connectivity index (χ3v) is 7.20. The zero-order chi connectivity index (χ0) is 23.1. The molecule has 0 aliphatic heterocycles. The van der Waals surface area contributed by atoms with Crippen LogP contribution in [0.25, 0.3) is 0 Å². The maximum absolute atomic E-state index is 13.2. The largest absolute Gasteiger partial charge is 0.496 e. The number of amides is 1. The third kappa shape index (κ3) is 5.91. The van der Waals surface area contributed by atoms with Crippen LogP contribution in [0.1, 0.15) is 11.1 Å². The summed E-state index contributed by atoms with van der Waals surface area (Å²) in [5, 5.41) is 2.88. The molecule has 168 valence electrons. The highest BCUT2D eigenvalue weighted by Gasteiger charge is 2.27. The van der Waals surface area contributed by atoms with Crippen LogP contribution >= 0.6 is 11.8 Å². The molecule has 3 aromatic rings. The van der Waals surface area contributed by atoms with Crippen LogP contribution in [0, 0.1) is 6.92 Å². The average molecular weight is 471 g/mol. The number of hydrogen-bond donors (Lipinski definition) is 2. The summed E-state index contributed by atoms with van der Waals surface area (Å²) in [5.41, 5.74) is 2.18. The minimum atomic E-state index is -3.95. The Labute approximate surface area is 193 Å². The molecule has 2 N–H and O–H groups in total. The van der Waals surface area contributed by atoms with E-state index in [1.165, 1.54) is 31.0 Å². The number of nitrogens with one attached hydrogen (secondary N) is 2. The third-order valence-electron chi connectivity index (χ3n) is 4.94. The molecule has 0 heterocycles. The molecule has 1 amide bonds. The number of sulfonamides is 1. The number of hydrogen-bond acceptors (Lipinski definition) is 5. The lowest BCUT2D eigenvalue weighted by atomic mass is 10.1. The zero-order valence-corrected chi connectivity index (χ0v) is 19.8. The molecule has 32 heavy (non-hydrogen) atoms. The van der Waals surface area contributed by atoms with E-state index in [0.29, 0.717) is 17.0 Å². The summed E-state index contributed by atoms with van der Waals surface area (Å²) >= 11 is 1.50. The van der Waals surface area contributed by atoms with Gasteiger partial charge in [-0.1, -0.05) is 42.5 Å². The van der Waals surface area contributed by atoms with Gasteiger partial charge in [0, 0.05) is 4.90 Å².